The number of nitro benzene ring substituents is 1. The van der Waals surface area contributed by atoms with E-state index in [9.17, 15) is 19.7 Å². The van der Waals surface area contributed by atoms with Crippen molar-refractivity contribution in [2.24, 2.45) is 0 Å². The molecule has 0 aliphatic carbocycles. The summed E-state index contributed by atoms with van der Waals surface area (Å²) in [5, 5.41) is 10.5. The lowest BCUT2D eigenvalue weighted by Crippen LogP contribution is -2.11. The predicted molar refractivity (Wildman–Crippen MR) is 68.7 cm³/mol. The number of hydrogen-bond acceptors (Lipinski definition) is 6. The molecule has 1 aromatic carbocycles. The maximum Gasteiger partial charge on any atom is 0.373 e. The third-order valence-electron chi connectivity index (χ3n) is 2.31. The van der Waals surface area contributed by atoms with Crippen LogP contribution in [0, 0.1) is 10.1 Å². The molecule has 0 spiro atoms. The van der Waals surface area contributed by atoms with Gasteiger partial charge in [-0.15, -0.1) is 0 Å². The van der Waals surface area contributed by atoms with Crippen molar-refractivity contribution in [2.45, 2.75) is 13.3 Å². The topological polar surface area (TPSA) is 95.7 Å². The van der Waals surface area contributed by atoms with E-state index >= 15 is 0 Å². The standard InChI is InChI=1S/C13H13NO6/c1-9(15)20-12(13(16)19-2)8-5-10-3-6-11(7-4-10)14(17)18/h3-4,6-8H,5H2,1-2H3. The normalized spacial score (nSPS) is 10.8. The van der Waals surface area contributed by atoms with Gasteiger partial charge in [-0.25, -0.2) is 4.79 Å². The Labute approximate surface area is 114 Å². The summed E-state index contributed by atoms with van der Waals surface area (Å²) >= 11 is 0. The molecule has 0 saturated heterocycles. The van der Waals surface area contributed by atoms with Gasteiger partial charge in [0.15, 0.2) is 0 Å². The van der Waals surface area contributed by atoms with Crippen LogP contribution >= 0.6 is 0 Å². The van der Waals surface area contributed by atoms with E-state index in [0.29, 0.717) is 0 Å². The van der Waals surface area contributed by atoms with Crippen LogP contribution in [0.2, 0.25) is 0 Å². The zero-order chi connectivity index (χ0) is 15.1. The average molecular weight is 279 g/mol. The molecule has 0 amide bonds. The number of non-ortho nitro benzene ring substituents is 1. The van der Waals surface area contributed by atoms with Gasteiger partial charge < -0.3 is 9.47 Å². The first-order valence-corrected chi connectivity index (χ1v) is 5.64. The number of nitrogens with zero attached hydrogens (tertiary/aromatic N) is 1. The van der Waals surface area contributed by atoms with Crippen LogP contribution in [0.1, 0.15) is 12.5 Å². The summed E-state index contributed by atoms with van der Waals surface area (Å²) in [5.74, 6) is -1.61. The Morgan fingerprint density at radius 3 is 2.35 bits per heavy atom. The van der Waals surface area contributed by atoms with Crippen LogP contribution in [0.15, 0.2) is 36.1 Å². The van der Waals surface area contributed by atoms with Gasteiger partial charge in [0.25, 0.3) is 5.69 Å². The lowest BCUT2D eigenvalue weighted by atomic mass is 10.1. The minimum absolute atomic E-state index is 0.0223. The number of rotatable bonds is 5. The summed E-state index contributed by atoms with van der Waals surface area (Å²) in [6.45, 7) is 1.17. The Kier molecular flexibility index (Phi) is 5.40. The van der Waals surface area contributed by atoms with Crippen LogP contribution < -0.4 is 0 Å². The zero-order valence-corrected chi connectivity index (χ0v) is 11.0. The number of methoxy groups -OCH3 is 1. The fourth-order valence-corrected chi connectivity index (χ4v) is 1.39. The molecule has 0 unspecified atom stereocenters. The molecule has 0 aliphatic heterocycles. The van der Waals surface area contributed by atoms with Crippen LogP contribution in [0.3, 0.4) is 0 Å². The first-order chi connectivity index (χ1) is 9.43. The number of benzene rings is 1. The fraction of sp³-hybridized carbons (Fsp3) is 0.231. The van der Waals surface area contributed by atoms with E-state index in [4.69, 9.17) is 4.74 Å². The number of allylic oxidation sites excluding steroid dienone is 1. The van der Waals surface area contributed by atoms with Crippen molar-refractivity contribution in [2.75, 3.05) is 7.11 Å². The van der Waals surface area contributed by atoms with E-state index in [1.807, 2.05) is 0 Å². The molecular formula is C13H13NO6. The first kappa shape index (κ1) is 15.4. The van der Waals surface area contributed by atoms with E-state index in [1.165, 1.54) is 32.2 Å². The highest BCUT2D eigenvalue weighted by Gasteiger charge is 2.13. The van der Waals surface area contributed by atoms with Gasteiger partial charge in [0.05, 0.1) is 12.0 Å². The van der Waals surface area contributed by atoms with Gasteiger partial charge in [-0.1, -0.05) is 12.1 Å². The Bertz CT molecular complexity index is 546. The Morgan fingerprint density at radius 2 is 1.90 bits per heavy atom. The molecule has 0 atom stereocenters. The quantitative estimate of drug-likeness (QED) is 0.268. The van der Waals surface area contributed by atoms with E-state index in [2.05, 4.69) is 4.74 Å². The van der Waals surface area contributed by atoms with Gasteiger partial charge in [-0.3, -0.25) is 14.9 Å². The van der Waals surface area contributed by atoms with Crippen molar-refractivity contribution >= 4 is 17.6 Å². The minimum atomic E-state index is -0.762. The molecule has 7 heteroatoms. The minimum Gasteiger partial charge on any atom is -0.463 e. The SMILES string of the molecule is COC(=O)C(=CCc1ccc([N+](=O)[O-])cc1)OC(C)=O. The Hall–Kier alpha value is -2.70. The van der Waals surface area contributed by atoms with E-state index in [1.54, 1.807) is 12.1 Å². The second-order valence-corrected chi connectivity index (χ2v) is 3.78. The van der Waals surface area contributed by atoms with Crippen molar-refractivity contribution in [1.29, 1.82) is 0 Å². The smallest absolute Gasteiger partial charge is 0.373 e. The van der Waals surface area contributed by atoms with Crippen LogP contribution in [0.25, 0.3) is 0 Å². The van der Waals surface area contributed by atoms with Gasteiger partial charge in [0, 0.05) is 19.1 Å². The molecular weight excluding hydrogens is 266 g/mol. The highest BCUT2D eigenvalue weighted by atomic mass is 16.6. The summed E-state index contributed by atoms with van der Waals surface area (Å²) in [4.78, 5) is 32.2. The molecule has 1 rings (SSSR count). The van der Waals surface area contributed by atoms with Crippen molar-refractivity contribution in [3.8, 4) is 0 Å². The number of hydrogen-bond donors (Lipinski definition) is 0. The molecule has 0 saturated carbocycles. The zero-order valence-electron chi connectivity index (χ0n) is 11.0. The fourth-order valence-electron chi connectivity index (χ4n) is 1.39. The lowest BCUT2D eigenvalue weighted by Gasteiger charge is -2.04. The van der Waals surface area contributed by atoms with Crippen molar-refractivity contribution in [3.63, 3.8) is 0 Å². The lowest BCUT2D eigenvalue weighted by molar-refractivity contribution is -0.384. The average Bonchev–Trinajstić information content (AvgIpc) is 2.42. The second-order valence-electron chi connectivity index (χ2n) is 3.78. The molecule has 0 aliphatic rings. The Balaban J connectivity index is 2.83. The molecule has 0 heterocycles. The van der Waals surface area contributed by atoms with Crippen molar-refractivity contribution in [1.82, 2.24) is 0 Å². The Morgan fingerprint density at radius 1 is 1.30 bits per heavy atom. The molecule has 0 N–H and O–H groups in total. The molecule has 1 aromatic rings. The third-order valence-corrected chi connectivity index (χ3v) is 2.31. The summed E-state index contributed by atoms with van der Waals surface area (Å²) in [6.07, 6.45) is 1.66. The molecule has 7 nitrogen and oxygen atoms in total. The molecule has 0 bridgehead atoms. The van der Waals surface area contributed by atoms with Crippen LogP contribution in [0.5, 0.6) is 0 Å². The predicted octanol–water partition coefficient (Wildman–Crippen LogP) is 1.76. The number of nitro groups is 1. The van der Waals surface area contributed by atoms with Crippen LogP contribution in [-0.2, 0) is 25.5 Å². The number of carbonyl (C=O) groups excluding carboxylic acids is 2. The molecule has 106 valence electrons. The van der Waals surface area contributed by atoms with Crippen molar-refractivity contribution in [3.05, 3.63) is 51.8 Å². The van der Waals surface area contributed by atoms with Crippen molar-refractivity contribution < 1.29 is 24.0 Å². The number of ether oxygens (including phenoxy) is 2. The van der Waals surface area contributed by atoms with E-state index in [-0.39, 0.29) is 17.9 Å². The van der Waals surface area contributed by atoms with Gasteiger partial charge in [-0.05, 0) is 18.1 Å². The number of carbonyl (C=O) groups is 2. The van der Waals surface area contributed by atoms with Gasteiger partial charge >= 0.3 is 11.9 Å². The summed E-state index contributed by atoms with van der Waals surface area (Å²) in [6, 6.07) is 5.81. The van der Waals surface area contributed by atoms with E-state index < -0.39 is 16.9 Å². The van der Waals surface area contributed by atoms with Crippen LogP contribution in [-0.4, -0.2) is 24.0 Å². The highest BCUT2D eigenvalue weighted by Crippen LogP contribution is 2.13. The maximum atomic E-state index is 11.4. The summed E-state index contributed by atoms with van der Waals surface area (Å²) in [5.41, 5.74) is 0.704. The van der Waals surface area contributed by atoms with Crippen LogP contribution in [0.4, 0.5) is 5.69 Å². The first-order valence-electron chi connectivity index (χ1n) is 5.64. The summed E-state index contributed by atoms with van der Waals surface area (Å²) in [7, 11) is 1.17. The number of esters is 2. The van der Waals surface area contributed by atoms with E-state index in [0.717, 1.165) is 5.56 Å². The molecule has 0 fully saturated rings. The molecule has 0 aromatic heterocycles. The molecule has 20 heavy (non-hydrogen) atoms. The summed E-state index contributed by atoms with van der Waals surface area (Å²) < 4.78 is 9.20. The third kappa shape index (κ3) is 4.52. The largest absolute Gasteiger partial charge is 0.463 e. The monoisotopic (exact) mass is 279 g/mol. The van der Waals surface area contributed by atoms with Gasteiger partial charge in [0.2, 0.25) is 5.76 Å². The molecule has 0 radical (unpaired) electrons. The maximum absolute atomic E-state index is 11.4. The van der Waals surface area contributed by atoms with Gasteiger partial charge in [-0.2, -0.15) is 0 Å². The second kappa shape index (κ2) is 7.03. The van der Waals surface area contributed by atoms with Gasteiger partial charge in [0.1, 0.15) is 0 Å². The highest BCUT2D eigenvalue weighted by molar-refractivity contribution is 5.89.